The normalized spacial score (nSPS) is 11.1. The van der Waals surface area contributed by atoms with Crippen LogP contribution in [0.5, 0.6) is 0 Å². The van der Waals surface area contributed by atoms with Crippen LogP contribution in [0.4, 0.5) is 17.5 Å². The molecule has 1 aromatic heterocycles. The van der Waals surface area contributed by atoms with Gasteiger partial charge in [-0.2, -0.15) is 4.98 Å². The van der Waals surface area contributed by atoms with Crippen molar-refractivity contribution < 1.29 is 0 Å². The topological polar surface area (TPSA) is 53.1 Å². The molecule has 0 aliphatic carbocycles. The minimum absolute atomic E-state index is 0.534. The van der Waals surface area contributed by atoms with Crippen LogP contribution in [0.3, 0.4) is 0 Å². The third-order valence-corrected chi connectivity index (χ3v) is 3.55. The lowest BCUT2D eigenvalue weighted by Gasteiger charge is -2.13. The van der Waals surface area contributed by atoms with Gasteiger partial charge in [-0.25, -0.2) is 4.98 Å². The Morgan fingerprint density at radius 3 is 2.39 bits per heavy atom. The van der Waals surface area contributed by atoms with Crippen LogP contribution < -0.4 is 10.6 Å². The fourth-order valence-electron chi connectivity index (χ4n) is 2.20. The number of anilines is 3. The number of likely N-dealkylation sites (N-methyl/N-ethyl adjacent to an activating group) is 1. The Balaban J connectivity index is 2.05. The monoisotopic (exact) mass is 313 g/mol. The van der Waals surface area contributed by atoms with Gasteiger partial charge in [0, 0.05) is 30.5 Å². The number of benzene rings is 1. The van der Waals surface area contributed by atoms with Gasteiger partial charge in [0.15, 0.2) is 0 Å². The third kappa shape index (κ3) is 5.53. The first-order chi connectivity index (χ1) is 10.9. The van der Waals surface area contributed by atoms with Gasteiger partial charge in [0.1, 0.15) is 5.82 Å². The highest BCUT2D eigenvalue weighted by Gasteiger charge is 2.04. The molecule has 0 amide bonds. The number of rotatable bonds is 7. The number of nitrogens with zero attached hydrogens (tertiary/aromatic N) is 3. The van der Waals surface area contributed by atoms with E-state index >= 15 is 0 Å². The molecule has 1 aromatic carbocycles. The van der Waals surface area contributed by atoms with Crippen molar-refractivity contribution in [1.82, 2.24) is 14.9 Å². The first kappa shape index (κ1) is 17.2. The number of hydrogen-bond acceptors (Lipinski definition) is 5. The summed E-state index contributed by atoms with van der Waals surface area (Å²) in [6, 6.07) is 10.4. The largest absolute Gasteiger partial charge is 0.369 e. The van der Waals surface area contributed by atoms with Gasteiger partial charge in [0.25, 0.3) is 0 Å². The first-order valence-electron chi connectivity index (χ1n) is 8.05. The molecule has 0 saturated heterocycles. The molecule has 124 valence electrons. The second kappa shape index (κ2) is 7.92. The van der Waals surface area contributed by atoms with Crippen LogP contribution in [0.2, 0.25) is 0 Å². The van der Waals surface area contributed by atoms with E-state index in [0.717, 1.165) is 30.3 Å². The van der Waals surface area contributed by atoms with Crippen molar-refractivity contribution in [3.63, 3.8) is 0 Å². The molecule has 23 heavy (non-hydrogen) atoms. The molecule has 0 bridgehead atoms. The van der Waals surface area contributed by atoms with E-state index in [1.54, 1.807) is 0 Å². The summed E-state index contributed by atoms with van der Waals surface area (Å²) in [5.74, 6) is 2.00. The van der Waals surface area contributed by atoms with Crippen molar-refractivity contribution in [2.75, 3.05) is 37.8 Å². The van der Waals surface area contributed by atoms with E-state index in [9.17, 15) is 0 Å². The average Bonchev–Trinajstić information content (AvgIpc) is 2.46. The van der Waals surface area contributed by atoms with E-state index < -0.39 is 0 Å². The van der Waals surface area contributed by atoms with Crippen molar-refractivity contribution in [2.45, 2.75) is 26.7 Å². The van der Waals surface area contributed by atoms with Crippen LogP contribution in [-0.2, 0) is 0 Å². The Morgan fingerprint density at radius 2 is 1.78 bits per heavy atom. The van der Waals surface area contributed by atoms with Crippen LogP contribution in [0.25, 0.3) is 0 Å². The van der Waals surface area contributed by atoms with E-state index in [0.29, 0.717) is 11.9 Å². The summed E-state index contributed by atoms with van der Waals surface area (Å²) in [6.07, 6.45) is 0. The molecule has 5 nitrogen and oxygen atoms in total. The summed E-state index contributed by atoms with van der Waals surface area (Å²) in [5.41, 5.74) is 3.26. The highest BCUT2D eigenvalue weighted by atomic mass is 15.2. The van der Waals surface area contributed by atoms with E-state index in [-0.39, 0.29) is 0 Å². The van der Waals surface area contributed by atoms with Crippen LogP contribution in [-0.4, -0.2) is 42.1 Å². The van der Waals surface area contributed by atoms with E-state index in [2.05, 4.69) is 77.7 Å². The SMILES string of the molecule is Cc1cc(NCCN(C)C)nc(Nc2ccc(C(C)C)cc2)n1. The lowest BCUT2D eigenvalue weighted by Crippen LogP contribution is -2.21. The molecule has 0 radical (unpaired) electrons. The van der Waals surface area contributed by atoms with Crippen LogP contribution >= 0.6 is 0 Å². The van der Waals surface area contributed by atoms with Crippen LogP contribution in [0, 0.1) is 6.92 Å². The first-order valence-corrected chi connectivity index (χ1v) is 8.05. The second-order valence-electron chi connectivity index (χ2n) is 6.35. The lowest BCUT2D eigenvalue weighted by atomic mass is 10.0. The number of aromatic nitrogens is 2. The van der Waals surface area contributed by atoms with Crippen LogP contribution in [0.1, 0.15) is 31.0 Å². The number of hydrogen-bond donors (Lipinski definition) is 2. The third-order valence-electron chi connectivity index (χ3n) is 3.55. The molecule has 0 saturated carbocycles. The second-order valence-corrected chi connectivity index (χ2v) is 6.35. The highest BCUT2D eigenvalue weighted by Crippen LogP contribution is 2.20. The summed E-state index contributed by atoms with van der Waals surface area (Å²) in [7, 11) is 4.11. The Bertz CT molecular complexity index is 620. The maximum Gasteiger partial charge on any atom is 0.229 e. The maximum atomic E-state index is 4.53. The van der Waals surface area contributed by atoms with Gasteiger partial charge in [0.2, 0.25) is 5.95 Å². The van der Waals surface area contributed by atoms with Gasteiger partial charge in [-0.05, 0) is 44.6 Å². The highest BCUT2D eigenvalue weighted by molar-refractivity contribution is 5.55. The van der Waals surface area contributed by atoms with E-state index in [1.165, 1.54) is 5.56 Å². The summed E-state index contributed by atoms with van der Waals surface area (Å²) in [5, 5.41) is 6.61. The van der Waals surface area contributed by atoms with E-state index in [4.69, 9.17) is 0 Å². The summed E-state index contributed by atoms with van der Waals surface area (Å²) in [6.45, 7) is 8.18. The molecular weight excluding hydrogens is 286 g/mol. The fraction of sp³-hybridized carbons (Fsp3) is 0.444. The molecule has 5 heteroatoms. The summed E-state index contributed by atoms with van der Waals surface area (Å²) >= 11 is 0. The van der Waals surface area contributed by atoms with E-state index in [1.807, 2.05) is 13.0 Å². The molecule has 2 N–H and O–H groups in total. The van der Waals surface area contributed by atoms with Crippen molar-refractivity contribution in [3.05, 3.63) is 41.6 Å². The molecule has 2 aromatic rings. The van der Waals surface area contributed by atoms with Gasteiger partial charge in [-0.3, -0.25) is 0 Å². The minimum Gasteiger partial charge on any atom is -0.369 e. The Kier molecular flexibility index (Phi) is 5.93. The average molecular weight is 313 g/mol. The molecule has 1 heterocycles. The lowest BCUT2D eigenvalue weighted by molar-refractivity contribution is 0.425. The van der Waals surface area contributed by atoms with Crippen molar-refractivity contribution >= 4 is 17.5 Å². The maximum absolute atomic E-state index is 4.53. The zero-order valence-electron chi connectivity index (χ0n) is 14.7. The van der Waals surface area contributed by atoms with Crippen molar-refractivity contribution in [1.29, 1.82) is 0 Å². The Labute approximate surface area is 139 Å². The number of nitrogens with one attached hydrogen (secondary N) is 2. The zero-order chi connectivity index (χ0) is 16.8. The van der Waals surface area contributed by atoms with Crippen molar-refractivity contribution in [2.24, 2.45) is 0 Å². The standard InChI is InChI=1S/C18H27N5/c1-13(2)15-6-8-16(9-7-15)21-18-20-14(3)12-17(22-18)19-10-11-23(4)5/h6-9,12-13H,10-11H2,1-5H3,(H2,19,20,21,22). The Morgan fingerprint density at radius 1 is 1.09 bits per heavy atom. The van der Waals surface area contributed by atoms with Gasteiger partial charge in [-0.1, -0.05) is 26.0 Å². The molecule has 0 atom stereocenters. The van der Waals surface area contributed by atoms with Crippen molar-refractivity contribution in [3.8, 4) is 0 Å². The molecule has 0 unspecified atom stereocenters. The summed E-state index contributed by atoms with van der Waals surface area (Å²) in [4.78, 5) is 11.1. The molecular formula is C18H27N5. The quantitative estimate of drug-likeness (QED) is 0.817. The molecule has 0 aliphatic rings. The van der Waals surface area contributed by atoms with Gasteiger partial charge < -0.3 is 15.5 Å². The number of aryl methyl sites for hydroxylation is 1. The zero-order valence-corrected chi connectivity index (χ0v) is 14.7. The Hall–Kier alpha value is -2.14. The smallest absolute Gasteiger partial charge is 0.229 e. The predicted octanol–water partition coefficient (Wildman–Crippen LogP) is 3.63. The molecule has 0 spiro atoms. The minimum atomic E-state index is 0.534. The molecule has 2 rings (SSSR count). The van der Waals surface area contributed by atoms with Crippen LogP contribution in [0.15, 0.2) is 30.3 Å². The van der Waals surface area contributed by atoms with Gasteiger partial charge in [0.05, 0.1) is 0 Å². The van der Waals surface area contributed by atoms with Gasteiger partial charge >= 0.3 is 0 Å². The predicted molar refractivity (Wildman–Crippen MR) is 97.6 cm³/mol. The summed E-state index contributed by atoms with van der Waals surface area (Å²) < 4.78 is 0. The molecule has 0 fully saturated rings. The fourth-order valence-corrected chi connectivity index (χ4v) is 2.20. The molecule has 0 aliphatic heterocycles. The van der Waals surface area contributed by atoms with Gasteiger partial charge in [-0.15, -0.1) is 0 Å².